The maximum absolute atomic E-state index is 6.33. The van der Waals surface area contributed by atoms with Gasteiger partial charge in [0.2, 0.25) is 0 Å². The number of para-hydroxylation sites is 1. The van der Waals surface area contributed by atoms with E-state index in [0.717, 1.165) is 49.8 Å². The van der Waals surface area contributed by atoms with Gasteiger partial charge in [0.1, 0.15) is 11.2 Å². The zero-order valence-electron chi connectivity index (χ0n) is 19.7. The van der Waals surface area contributed by atoms with Crippen molar-refractivity contribution in [3.8, 4) is 45.3 Å². The van der Waals surface area contributed by atoms with Crippen molar-refractivity contribution in [2.75, 3.05) is 0 Å². The van der Waals surface area contributed by atoms with Crippen molar-refractivity contribution in [1.82, 2.24) is 19.9 Å². The van der Waals surface area contributed by atoms with Crippen LogP contribution in [0.15, 0.2) is 126 Å². The normalized spacial score (nSPS) is 11.2. The quantitative estimate of drug-likeness (QED) is 0.259. The molecule has 0 unspecified atom stereocenters. The summed E-state index contributed by atoms with van der Waals surface area (Å²) in [6.07, 6.45) is 3.63. The highest BCUT2D eigenvalue weighted by molar-refractivity contribution is 6.10. The average Bonchev–Trinajstić information content (AvgIpc) is 3.36. The second-order valence-corrected chi connectivity index (χ2v) is 8.78. The van der Waals surface area contributed by atoms with E-state index in [4.69, 9.17) is 19.4 Å². The molecule has 3 heterocycles. The van der Waals surface area contributed by atoms with Crippen LogP contribution < -0.4 is 0 Å². The van der Waals surface area contributed by atoms with E-state index in [1.165, 1.54) is 0 Å². The molecule has 4 aromatic carbocycles. The summed E-state index contributed by atoms with van der Waals surface area (Å²) in [5.41, 5.74) is 6.48. The molecule has 5 nitrogen and oxygen atoms in total. The van der Waals surface area contributed by atoms with E-state index in [2.05, 4.69) is 29.2 Å². The molecular formula is C32H20N4O. The van der Waals surface area contributed by atoms with E-state index in [9.17, 15) is 0 Å². The lowest BCUT2D eigenvalue weighted by Crippen LogP contribution is -2.00. The lowest BCUT2D eigenvalue weighted by Gasteiger charge is -2.08. The number of nitrogens with zero attached hydrogens (tertiary/aromatic N) is 4. The van der Waals surface area contributed by atoms with Gasteiger partial charge < -0.3 is 4.42 Å². The smallest absolute Gasteiger partial charge is 0.164 e. The van der Waals surface area contributed by atoms with Gasteiger partial charge >= 0.3 is 0 Å². The summed E-state index contributed by atoms with van der Waals surface area (Å²) in [4.78, 5) is 18.8. The van der Waals surface area contributed by atoms with Crippen LogP contribution in [0.25, 0.3) is 67.2 Å². The zero-order chi connectivity index (χ0) is 24.6. The molecule has 0 fully saturated rings. The van der Waals surface area contributed by atoms with Crippen molar-refractivity contribution in [2.24, 2.45) is 0 Å². The molecule has 7 rings (SSSR count). The minimum absolute atomic E-state index is 0.618. The van der Waals surface area contributed by atoms with Crippen molar-refractivity contribution in [3.63, 3.8) is 0 Å². The Morgan fingerprint density at radius 3 is 1.78 bits per heavy atom. The van der Waals surface area contributed by atoms with E-state index < -0.39 is 0 Å². The summed E-state index contributed by atoms with van der Waals surface area (Å²) in [6.45, 7) is 0. The molecule has 5 heteroatoms. The average molecular weight is 477 g/mol. The standard InChI is InChI=1S/C32H20N4O/c1-3-9-21(10-4-1)30-34-31(22-11-5-2-6-12-22)36-32(35-30)23-16-17-28-27(19-23)26-15-7-14-25(29(26)37-28)24-13-8-18-33-20-24/h1-20H. The number of pyridine rings is 1. The third-order valence-corrected chi connectivity index (χ3v) is 6.43. The van der Waals surface area contributed by atoms with Crippen molar-refractivity contribution >= 4 is 21.9 Å². The van der Waals surface area contributed by atoms with Crippen LogP contribution in [0, 0.1) is 0 Å². The second-order valence-electron chi connectivity index (χ2n) is 8.78. The Kier molecular flexibility index (Phi) is 5.03. The first kappa shape index (κ1) is 21.1. The third kappa shape index (κ3) is 3.83. The topological polar surface area (TPSA) is 64.7 Å². The molecule has 0 radical (unpaired) electrons. The van der Waals surface area contributed by atoms with Gasteiger partial charge in [-0.15, -0.1) is 0 Å². The molecule has 3 aromatic heterocycles. The number of rotatable bonds is 4. The Balaban J connectivity index is 1.42. The van der Waals surface area contributed by atoms with Crippen LogP contribution in [0.2, 0.25) is 0 Å². The maximum atomic E-state index is 6.33. The second kappa shape index (κ2) is 8.81. The highest BCUT2D eigenvalue weighted by Crippen LogP contribution is 2.37. The van der Waals surface area contributed by atoms with Crippen LogP contribution in [0.1, 0.15) is 0 Å². The summed E-state index contributed by atoms with van der Waals surface area (Å²) in [6, 6.07) is 36.3. The van der Waals surface area contributed by atoms with Crippen molar-refractivity contribution in [3.05, 3.63) is 122 Å². The van der Waals surface area contributed by atoms with Gasteiger partial charge in [-0.1, -0.05) is 84.9 Å². The van der Waals surface area contributed by atoms with E-state index in [0.29, 0.717) is 17.5 Å². The number of benzene rings is 4. The first-order valence-electron chi connectivity index (χ1n) is 12.1. The van der Waals surface area contributed by atoms with E-state index in [1.807, 2.05) is 91.1 Å². The predicted molar refractivity (Wildman–Crippen MR) is 147 cm³/mol. The van der Waals surface area contributed by atoms with Crippen LogP contribution in [0.5, 0.6) is 0 Å². The van der Waals surface area contributed by atoms with Crippen LogP contribution >= 0.6 is 0 Å². The Hall–Kier alpha value is -5.16. The molecule has 37 heavy (non-hydrogen) atoms. The Morgan fingerprint density at radius 1 is 0.486 bits per heavy atom. The predicted octanol–water partition coefficient (Wildman–Crippen LogP) is 7.83. The van der Waals surface area contributed by atoms with Gasteiger partial charge in [0.25, 0.3) is 0 Å². The van der Waals surface area contributed by atoms with Crippen molar-refractivity contribution in [2.45, 2.75) is 0 Å². The number of hydrogen-bond acceptors (Lipinski definition) is 5. The Bertz CT molecular complexity index is 1810. The van der Waals surface area contributed by atoms with Crippen molar-refractivity contribution < 1.29 is 4.42 Å². The summed E-state index contributed by atoms with van der Waals surface area (Å²) >= 11 is 0. The lowest BCUT2D eigenvalue weighted by molar-refractivity contribution is 0.670. The fraction of sp³-hybridized carbons (Fsp3) is 0. The molecule has 0 saturated heterocycles. The van der Waals surface area contributed by atoms with Crippen molar-refractivity contribution in [1.29, 1.82) is 0 Å². The van der Waals surface area contributed by atoms with Gasteiger partial charge in [0.05, 0.1) is 0 Å². The third-order valence-electron chi connectivity index (χ3n) is 6.43. The van der Waals surface area contributed by atoms with Crippen LogP contribution in [-0.2, 0) is 0 Å². The molecule has 0 amide bonds. The molecule has 0 aliphatic heterocycles. The maximum Gasteiger partial charge on any atom is 0.164 e. The summed E-state index contributed by atoms with van der Waals surface area (Å²) in [7, 11) is 0. The summed E-state index contributed by atoms with van der Waals surface area (Å²) in [5, 5.41) is 2.06. The van der Waals surface area contributed by atoms with Gasteiger partial charge in [-0.3, -0.25) is 4.98 Å². The highest BCUT2D eigenvalue weighted by atomic mass is 16.3. The van der Waals surface area contributed by atoms with Crippen LogP contribution in [0.3, 0.4) is 0 Å². The van der Waals surface area contributed by atoms with Gasteiger partial charge in [0.15, 0.2) is 17.5 Å². The Morgan fingerprint density at radius 2 is 1.14 bits per heavy atom. The number of furan rings is 1. The van der Waals surface area contributed by atoms with Gasteiger partial charge in [-0.2, -0.15) is 0 Å². The number of fused-ring (bicyclic) bond motifs is 3. The molecule has 0 atom stereocenters. The van der Waals surface area contributed by atoms with Crippen LogP contribution in [0.4, 0.5) is 0 Å². The van der Waals surface area contributed by atoms with Gasteiger partial charge in [-0.25, -0.2) is 15.0 Å². The van der Waals surface area contributed by atoms with Crippen LogP contribution in [-0.4, -0.2) is 19.9 Å². The molecule has 0 N–H and O–H groups in total. The molecule has 0 saturated carbocycles. The fourth-order valence-corrected chi connectivity index (χ4v) is 4.62. The zero-order valence-corrected chi connectivity index (χ0v) is 19.7. The minimum atomic E-state index is 0.618. The molecule has 0 bridgehead atoms. The van der Waals surface area contributed by atoms with E-state index >= 15 is 0 Å². The molecule has 7 aromatic rings. The Labute approximate surface area is 213 Å². The molecule has 0 spiro atoms. The summed E-state index contributed by atoms with van der Waals surface area (Å²) in [5.74, 6) is 1.90. The van der Waals surface area contributed by atoms with E-state index in [-0.39, 0.29) is 0 Å². The SMILES string of the molecule is c1ccc(-c2nc(-c3ccccc3)nc(-c3ccc4oc5c(-c6cccnc6)cccc5c4c3)n2)cc1. The number of aromatic nitrogens is 4. The lowest BCUT2D eigenvalue weighted by atomic mass is 10.0. The molecular weight excluding hydrogens is 456 g/mol. The first-order valence-corrected chi connectivity index (χ1v) is 12.1. The van der Waals surface area contributed by atoms with Gasteiger partial charge in [-0.05, 0) is 24.3 Å². The molecule has 0 aliphatic carbocycles. The summed E-state index contributed by atoms with van der Waals surface area (Å²) < 4.78 is 6.33. The molecule has 0 aliphatic rings. The van der Waals surface area contributed by atoms with E-state index in [1.54, 1.807) is 6.20 Å². The fourth-order valence-electron chi connectivity index (χ4n) is 4.62. The largest absolute Gasteiger partial charge is 0.455 e. The molecule has 174 valence electrons. The minimum Gasteiger partial charge on any atom is -0.455 e. The number of hydrogen-bond donors (Lipinski definition) is 0. The first-order chi connectivity index (χ1) is 18.3. The monoisotopic (exact) mass is 476 g/mol. The van der Waals surface area contributed by atoms with Gasteiger partial charge in [0, 0.05) is 51.0 Å². The highest BCUT2D eigenvalue weighted by Gasteiger charge is 2.16.